The van der Waals surface area contributed by atoms with Crippen LogP contribution in [0.1, 0.15) is 50.1 Å². The standard InChI is InChI=1S/C24H24ClN3/c25-17-12-9-16(10-13-17)23-19-14-11-15-5-1-2-6-18(15)22(19)27-24-26-20-7-3-4-8-21(20)28(23)24/h3-4,7-10,12-13,15,18-19,23H,1-2,5-6,11,14H2. The number of hydrogen-bond acceptors (Lipinski definition) is 2. The molecular weight excluding hydrogens is 366 g/mol. The zero-order valence-corrected chi connectivity index (χ0v) is 16.6. The highest BCUT2D eigenvalue weighted by Gasteiger charge is 2.44. The van der Waals surface area contributed by atoms with E-state index in [0.717, 1.165) is 22.4 Å². The lowest BCUT2D eigenvalue weighted by Crippen LogP contribution is -2.42. The van der Waals surface area contributed by atoms with E-state index in [2.05, 4.69) is 41.0 Å². The first-order chi connectivity index (χ1) is 13.8. The Bertz CT molecular complexity index is 1070. The van der Waals surface area contributed by atoms with Crippen LogP contribution in [0.4, 0.5) is 5.95 Å². The van der Waals surface area contributed by atoms with Crippen LogP contribution in [0.15, 0.2) is 53.5 Å². The van der Waals surface area contributed by atoms with Crippen molar-refractivity contribution >= 4 is 34.3 Å². The maximum atomic E-state index is 6.21. The summed E-state index contributed by atoms with van der Waals surface area (Å²) >= 11 is 6.21. The molecule has 0 N–H and O–H groups in total. The molecule has 2 fully saturated rings. The quantitative estimate of drug-likeness (QED) is 0.462. The number of benzene rings is 2. The lowest BCUT2D eigenvalue weighted by atomic mass is 9.63. The number of para-hydroxylation sites is 2. The van der Waals surface area contributed by atoms with Gasteiger partial charge in [0, 0.05) is 22.6 Å². The molecule has 0 amide bonds. The van der Waals surface area contributed by atoms with Gasteiger partial charge in [0.2, 0.25) is 5.95 Å². The van der Waals surface area contributed by atoms with Crippen molar-refractivity contribution in [3.8, 4) is 0 Å². The number of hydrogen-bond donors (Lipinski definition) is 0. The van der Waals surface area contributed by atoms with Crippen LogP contribution in [0, 0.1) is 17.8 Å². The van der Waals surface area contributed by atoms with Gasteiger partial charge in [-0.05, 0) is 61.4 Å². The van der Waals surface area contributed by atoms with Gasteiger partial charge >= 0.3 is 0 Å². The summed E-state index contributed by atoms with van der Waals surface area (Å²) in [7, 11) is 0. The monoisotopic (exact) mass is 389 g/mol. The maximum absolute atomic E-state index is 6.21. The van der Waals surface area contributed by atoms with E-state index >= 15 is 0 Å². The van der Waals surface area contributed by atoms with Gasteiger partial charge in [0.25, 0.3) is 0 Å². The molecule has 2 aliphatic carbocycles. The van der Waals surface area contributed by atoms with Crippen molar-refractivity contribution in [3.63, 3.8) is 0 Å². The van der Waals surface area contributed by atoms with E-state index < -0.39 is 0 Å². The van der Waals surface area contributed by atoms with E-state index in [1.807, 2.05) is 12.1 Å². The molecule has 6 rings (SSSR count). The Balaban J connectivity index is 1.57. The number of imidazole rings is 1. The van der Waals surface area contributed by atoms with Crippen molar-refractivity contribution < 1.29 is 0 Å². The number of aromatic nitrogens is 2. The van der Waals surface area contributed by atoms with Crippen LogP contribution in [-0.2, 0) is 0 Å². The van der Waals surface area contributed by atoms with Crippen molar-refractivity contribution in [3.05, 3.63) is 59.1 Å². The molecule has 4 heteroatoms. The Morgan fingerprint density at radius 1 is 0.857 bits per heavy atom. The van der Waals surface area contributed by atoms with E-state index in [1.165, 1.54) is 55.3 Å². The second-order valence-electron chi connectivity index (χ2n) is 8.64. The molecule has 142 valence electrons. The topological polar surface area (TPSA) is 30.2 Å². The SMILES string of the molecule is Clc1ccc(C2C3CCC4CCCCC4C3=Nc3nc4ccccc4n32)cc1. The summed E-state index contributed by atoms with van der Waals surface area (Å²) < 4.78 is 2.38. The van der Waals surface area contributed by atoms with Crippen LogP contribution in [0.3, 0.4) is 0 Å². The van der Waals surface area contributed by atoms with Crippen molar-refractivity contribution in [1.82, 2.24) is 9.55 Å². The molecule has 2 aromatic carbocycles. The molecule has 1 aliphatic heterocycles. The van der Waals surface area contributed by atoms with Gasteiger partial charge in [0.15, 0.2) is 0 Å². The zero-order chi connectivity index (χ0) is 18.7. The van der Waals surface area contributed by atoms with Crippen LogP contribution in [-0.4, -0.2) is 15.3 Å². The minimum atomic E-state index is 0.259. The summed E-state index contributed by atoms with van der Waals surface area (Å²) in [5.74, 6) is 2.82. The fourth-order valence-electron chi connectivity index (χ4n) is 5.97. The predicted molar refractivity (Wildman–Crippen MR) is 115 cm³/mol. The summed E-state index contributed by atoms with van der Waals surface area (Å²) in [6.45, 7) is 0. The Morgan fingerprint density at radius 2 is 1.68 bits per heavy atom. The number of nitrogens with zero attached hydrogens (tertiary/aromatic N) is 3. The Kier molecular flexibility index (Phi) is 3.87. The van der Waals surface area contributed by atoms with Crippen LogP contribution in [0.5, 0.6) is 0 Å². The third kappa shape index (κ3) is 2.49. The largest absolute Gasteiger partial charge is 0.300 e. The minimum absolute atomic E-state index is 0.259. The maximum Gasteiger partial charge on any atom is 0.231 e. The molecule has 1 aromatic heterocycles. The van der Waals surface area contributed by atoms with Crippen molar-refractivity contribution in [2.75, 3.05) is 0 Å². The number of rotatable bonds is 1. The van der Waals surface area contributed by atoms with Crippen LogP contribution in [0.25, 0.3) is 11.0 Å². The van der Waals surface area contributed by atoms with E-state index in [0.29, 0.717) is 11.8 Å². The summed E-state index contributed by atoms with van der Waals surface area (Å²) in [5, 5.41) is 0.792. The first-order valence-corrected chi connectivity index (χ1v) is 11.0. The molecule has 2 heterocycles. The summed E-state index contributed by atoms with van der Waals surface area (Å²) in [6, 6.07) is 17.1. The van der Waals surface area contributed by atoms with E-state index in [9.17, 15) is 0 Å². The van der Waals surface area contributed by atoms with Crippen LogP contribution in [0.2, 0.25) is 5.02 Å². The van der Waals surface area contributed by atoms with E-state index in [1.54, 1.807) is 0 Å². The first kappa shape index (κ1) is 16.8. The first-order valence-electron chi connectivity index (χ1n) is 10.6. The molecule has 3 aliphatic rings. The molecule has 0 saturated heterocycles. The Labute approximate surface area is 170 Å². The fraction of sp³-hybridized carbons (Fsp3) is 0.417. The van der Waals surface area contributed by atoms with E-state index in [4.69, 9.17) is 21.6 Å². The molecule has 4 unspecified atom stereocenters. The van der Waals surface area contributed by atoms with Crippen molar-refractivity contribution in [2.24, 2.45) is 22.7 Å². The number of halogens is 1. The average Bonchev–Trinajstić information content (AvgIpc) is 3.11. The van der Waals surface area contributed by atoms with Gasteiger partial charge in [-0.2, -0.15) is 0 Å². The highest BCUT2D eigenvalue weighted by Crippen LogP contribution is 2.50. The van der Waals surface area contributed by atoms with Crippen molar-refractivity contribution in [2.45, 2.75) is 44.6 Å². The lowest BCUT2D eigenvalue weighted by Gasteiger charge is -2.45. The summed E-state index contributed by atoms with van der Waals surface area (Å²) in [6.07, 6.45) is 7.96. The zero-order valence-electron chi connectivity index (χ0n) is 15.9. The molecule has 3 nitrogen and oxygen atoms in total. The highest BCUT2D eigenvalue weighted by molar-refractivity contribution is 6.30. The third-order valence-electron chi connectivity index (χ3n) is 7.19. The normalized spacial score (nSPS) is 29.0. The molecular formula is C24H24ClN3. The second kappa shape index (κ2) is 6.45. The molecule has 2 saturated carbocycles. The van der Waals surface area contributed by atoms with Crippen molar-refractivity contribution in [1.29, 1.82) is 0 Å². The molecule has 4 atom stereocenters. The van der Waals surface area contributed by atoms with E-state index in [-0.39, 0.29) is 6.04 Å². The van der Waals surface area contributed by atoms with Gasteiger partial charge in [0.1, 0.15) is 0 Å². The molecule has 28 heavy (non-hydrogen) atoms. The second-order valence-corrected chi connectivity index (χ2v) is 9.07. The average molecular weight is 390 g/mol. The van der Waals surface area contributed by atoms with Gasteiger partial charge < -0.3 is 4.57 Å². The van der Waals surface area contributed by atoms with Gasteiger partial charge in [-0.1, -0.05) is 48.7 Å². The van der Waals surface area contributed by atoms with Gasteiger partial charge in [-0.15, -0.1) is 0 Å². The summed E-state index contributed by atoms with van der Waals surface area (Å²) in [4.78, 5) is 10.1. The lowest BCUT2D eigenvalue weighted by molar-refractivity contribution is 0.222. The predicted octanol–water partition coefficient (Wildman–Crippen LogP) is 6.58. The third-order valence-corrected chi connectivity index (χ3v) is 7.45. The Morgan fingerprint density at radius 3 is 2.57 bits per heavy atom. The van der Waals surface area contributed by atoms with Gasteiger partial charge in [-0.3, -0.25) is 0 Å². The summed E-state index contributed by atoms with van der Waals surface area (Å²) in [5.41, 5.74) is 4.98. The molecule has 0 radical (unpaired) electrons. The Hall–Kier alpha value is -2.13. The van der Waals surface area contributed by atoms with Crippen LogP contribution < -0.4 is 0 Å². The smallest absolute Gasteiger partial charge is 0.231 e. The van der Waals surface area contributed by atoms with Gasteiger partial charge in [0.05, 0.1) is 17.1 Å². The molecule has 0 bridgehead atoms. The molecule has 0 spiro atoms. The highest BCUT2D eigenvalue weighted by atomic mass is 35.5. The molecule has 3 aromatic rings. The number of fused-ring (bicyclic) bond motifs is 6. The van der Waals surface area contributed by atoms with Crippen LogP contribution >= 0.6 is 11.6 Å². The van der Waals surface area contributed by atoms with Gasteiger partial charge in [-0.25, -0.2) is 9.98 Å². The fourth-order valence-corrected chi connectivity index (χ4v) is 6.09. The minimum Gasteiger partial charge on any atom is -0.300 e. The number of aliphatic imine (C=N–C) groups is 1.